The van der Waals surface area contributed by atoms with Gasteiger partial charge in [0.1, 0.15) is 11.6 Å². The van der Waals surface area contributed by atoms with Crippen LogP contribution in [0.4, 0.5) is 17.3 Å². The molecule has 4 N–H and O–H groups in total. The van der Waals surface area contributed by atoms with E-state index in [1.54, 1.807) is 47.4 Å². The molecule has 0 saturated carbocycles. The molecule has 2 bridgehead atoms. The molecule has 1 amide bonds. The van der Waals surface area contributed by atoms with Crippen molar-refractivity contribution in [3.8, 4) is 28.8 Å². The van der Waals surface area contributed by atoms with Crippen molar-refractivity contribution in [1.82, 2.24) is 40.1 Å². The Bertz CT molecular complexity index is 1850. The molecule has 2 fully saturated rings. The number of aromatic hydroxyl groups is 1. The molecule has 2 atom stereocenters. The average Bonchev–Trinajstić information content (AvgIpc) is 3.58. The van der Waals surface area contributed by atoms with E-state index >= 15 is 0 Å². The number of para-hydroxylation sites is 1. The highest BCUT2D eigenvalue weighted by atomic mass is 16.3. The number of hydrogen-bond acceptors (Lipinski definition) is 11. The Hall–Kier alpha value is -5.77. The standard InChI is InChI=1S/C30H27N11O2/c31-29-24(15-22(36-37-29)21-5-1-2-6-25(21)42)41-19-8-9-20(41)18-39(17-19)27-10-13-32-26(35-27)7-3-11-34-30(43)23-16-28-33-12-4-14-40(28)38-23/h1-2,4-6,10,12-16,19-20,42H,8-9,11,17-18H2,(H2,31,37)(H,34,43). The van der Waals surface area contributed by atoms with Crippen LogP contribution in [0, 0.1) is 11.8 Å². The van der Waals surface area contributed by atoms with Gasteiger partial charge < -0.3 is 26.0 Å². The monoisotopic (exact) mass is 573 g/mol. The highest BCUT2D eigenvalue weighted by Gasteiger charge is 2.41. The Morgan fingerprint density at radius 3 is 2.70 bits per heavy atom. The van der Waals surface area contributed by atoms with Crippen molar-refractivity contribution in [2.45, 2.75) is 24.9 Å². The predicted molar refractivity (Wildman–Crippen MR) is 159 cm³/mol. The second-order valence-corrected chi connectivity index (χ2v) is 10.4. The van der Waals surface area contributed by atoms with Crippen LogP contribution in [0.25, 0.3) is 16.9 Å². The summed E-state index contributed by atoms with van der Waals surface area (Å²) in [4.78, 5) is 30.2. The Kier molecular flexibility index (Phi) is 6.63. The van der Waals surface area contributed by atoms with Gasteiger partial charge in [0.15, 0.2) is 17.2 Å². The lowest BCUT2D eigenvalue weighted by molar-refractivity contribution is 0.0953. The average molecular weight is 574 g/mol. The van der Waals surface area contributed by atoms with Crippen molar-refractivity contribution in [2.24, 2.45) is 0 Å². The molecule has 0 aliphatic carbocycles. The molecule has 1 aromatic carbocycles. The van der Waals surface area contributed by atoms with Gasteiger partial charge in [-0.05, 0) is 49.1 Å². The van der Waals surface area contributed by atoms with Gasteiger partial charge in [0.25, 0.3) is 5.91 Å². The molecule has 2 saturated heterocycles. The van der Waals surface area contributed by atoms with Gasteiger partial charge in [0.05, 0.1) is 17.9 Å². The van der Waals surface area contributed by atoms with Crippen LogP contribution in [0.1, 0.15) is 29.2 Å². The second kappa shape index (κ2) is 10.9. The SMILES string of the molecule is Nc1nnc(-c2ccccc2O)cc1N1C2CCC1CN(c1ccnc(C#CCNC(=O)c3cc4ncccn4n3)n1)C2. The topological polar surface area (TPSA) is 164 Å². The third-order valence-corrected chi connectivity index (χ3v) is 7.71. The maximum Gasteiger partial charge on any atom is 0.272 e. The van der Waals surface area contributed by atoms with Crippen molar-refractivity contribution in [3.05, 3.63) is 78.6 Å². The van der Waals surface area contributed by atoms with Gasteiger partial charge in [-0.2, -0.15) is 5.10 Å². The number of amides is 1. The Balaban J connectivity index is 1.02. The van der Waals surface area contributed by atoms with E-state index in [1.165, 1.54) is 0 Å². The van der Waals surface area contributed by atoms with Gasteiger partial charge in [-0.3, -0.25) is 4.79 Å². The minimum atomic E-state index is -0.333. The number of piperazine rings is 1. The zero-order valence-corrected chi connectivity index (χ0v) is 23.0. The minimum Gasteiger partial charge on any atom is -0.507 e. The zero-order chi connectivity index (χ0) is 29.3. The molecule has 7 rings (SSSR count). The summed E-state index contributed by atoms with van der Waals surface area (Å²) < 4.78 is 1.54. The van der Waals surface area contributed by atoms with E-state index in [9.17, 15) is 9.90 Å². The summed E-state index contributed by atoms with van der Waals surface area (Å²) >= 11 is 0. The maximum atomic E-state index is 12.5. The predicted octanol–water partition coefficient (Wildman–Crippen LogP) is 1.90. The van der Waals surface area contributed by atoms with Gasteiger partial charge in [0, 0.05) is 55.4 Å². The molecular weight excluding hydrogens is 546 g/mol. The molecule has 2 aliphatic heterocycles. The van der Waals surface area contributed by atoms with Gasteiger partial charge >= 0.3 is 0 Å². The van der Waals surface area contributed by atoms with Crippen molar-refractivity contribution in [2.75, 3.05) is 35.2 Å². The molecule has 4 aromatic heterocycles. The molecule has 13 nitrogen and oxygen atoms in total. The number of benzene rings is 1. The molecule has 43 heavy (non-hydrogen) atoms. The summed E-state index contributed by atoms with van der Waals surface area (Å²) in [6.07, 6.45) is 7.09. The van der Waals surface area contributed by atoms with Crippen LogP contribution < -0.4 is 20.9 Å². The second-order valence-electron chi connectivity index (χ2n) is 10.4. The summed E-state index contributed by atoms with van der Waals surface area (Å²) in [6, 6.07) is 14.7. The van der Waals surface area contributed by atoms with E-state index in [0.29, 0.717) is 28.5 Å². The van der Waals surface area contributed by atoms with Crippen LogP contribution in [0.2, 0.25) is 0 Å². The highest BCUT2D eigenvalue weighted by molar-refractivity contribution is 5.93. The first-order chi connectivity index (χ1) is 21.0. The maximum absolute atomic E-state index is 12.5. The zero-order valence-electron chi connectivity index (χ0n) is 23.0. The molecule has 0 spiro atoms. The summed E-state index contributed by atoms with van der Waals surface area (Å²) in [5.41, 5.74) is 9.21. The van der Waals surface area contributed by atoms with Crippen LogP contribution in [0.3, 0.4) is 0 Å². The van der Waals surface area contributed by atoms with E-state index in [-0.39, 0.29) is 36.0 Å². The lowest BCUT2D eigenvalue weighted by Crippen LogP contribution is -2.54. The van der Waals surface area contributed by atoms with Crippen LogP contribution in [0.5, 0.6) is 5.75 Å². The fraction of sp³-hybridized carbons (Fsp3) is 0.233. The smallest absolute Gasteiger partial charge is 0.272 e. The number of nitrogens with zero attached hydrogens (tertiary/aromatic N) is 9. The van der Waals surface area contributed by atoms with Crippen LogP contribution in [-0.2, 0) is 0 Å². The molecule has 214 valence electrons. The van der Waals surface area contributed by atoms with Crippen molar-refractivity contribution >= 4 is 28.9 Å². The number of nitrogens with two attached hydrogens (primary N) is 1. The van der Waals surface area contributed by atoms with Gasteiger partial charge in [0.2, 0.25) is 5.82 Å². The van der Waals surface area contributed by atoms with Crippen molar-refractivity contribution in [1.29, 1.82) is 0 Å². The number of rotatable bonds is 5. The van der Waals surface area contributed by atoms with Crippen LogP contribution in [0.15, 0.2) is 67.1 Å². The van der Waals surface area contributed by atoms with E-state index in [4.69, 9.17) is 5.73 Å². The summed E-state index contributed by atoms with van der Waals surface area (Å²) in [5.74, 6) is 7.24. The van der Waals surface area contributed by atoms with E-state index in [0.717, 1.165) is 37.4 Å². The fourth-order valence-electron chi connectivity index (χ4n) is 5.77. The van der Waals surface area contributed by atoms with E-state index in [1.807, 2.05) is 24.3 Å². The molecule has 6 heterocycles. The molecule has 13 heteroatoms. The number of phenolic OH excluding ortho intramolecular Hbond substituents is 1. The number of phenols is 1. The number of aromatic nitrogens is 7. The number of hydrogen-bond donors (Lipinski definition) is 3. The van der Waals surface area contributed by atoms with Gasteiger partial charge in [-0.1, -0.05) is 18.1 Å². The Morgan fingerprint density at radius 1 is 1.05 bits per heavy atom. The molecule has 0 radical (unpaired) electrons. The largest absolute Gasteiger partial charge is 0.507 e. The lowest BCUT2D eigenvalue weighted by Gasteiger charge is -2.43. The Morgan fingerprint density at radius 2 is 1.88 bits per heavy atom. The van der Waals surface area contributed by atoms with Crippen molar-refractivity contribution in [3.63, 3.8) is 0 Å². The molecular formula is C30H27N11O2. The number of nitrogens with one attached hydrogen (secondary N) is 1. The third kappa shape index (κ3) is 5.10. The quantitative estimate of drug-likeness (QED) is 0.263. The molecule has 5 aromatic rings. The number of nitrogen functional groups attached to an aromatic ring is 1. The summed E-state index contributed by atoms with van der Waals surface area (Å²) in [5, 5.41) is 25.8. The van der Waals surface area contributed by atoms with Gasteiger partial charge in [-0.25, -0.2) is 19.5 Å². The summed E-state index contributed by atoms with van der Waals surface area (Å²) in [7, 11) is 0. The first kappa shape index (κ1) is 26.1. The molecule has 2 unspecified atom stereocenters. The van der Waals surface area contributed by atoms with E-state index in [2.05, 4.69) is 57.2 Å². The first-order valence-corrected chi connectivity index (χ1v) is 13.9. The highest BCUT2D eigenvalue weighted by Crippen LogP contribution is 2.40. The number of carbonyl (C=O) groups excluding carboxylic acids is 1. The number of carbonyl (C=O) groups is 1. The minimum absolute atomic E-state index is 0.126. The number of fused-ring (bicyclic) bond motifs is 3. The number of anilines is 3. The lowest BCUT2D eigenvalue weighted by atomic mass is 10.1. The van der Waals surface area contributed by atoms with Crippen LogP contribution in [-0.4, -0.2) is 77.5 Å². The van der Waals surface area contributed by atoms with Gasteiger partial charge in [-0.15, -0.1) is 10.2 Å². The van der Waals surface area contributed by atoms with Crippen molar-refractivity contribution < 1.29 is 9.90 Å². The first-order valence-electron chi connectivity index (χ1n) is 13.9. The Labute approximate surface area is 246 Å². The normalized spacial score (nSPS) is 17.5. The molecule has 2 aliphatic rings. The van der Waals surface area contributed by atoms with E-state index < -0.39 is 0 Å². The third-order valence-electron chi connectivity index (χ3n) is 7.71. The van der Waals surface area contributed by atoms with Crippen LogP contribution >= 0.6 is 0 Å². The fourth-order valence-corrected chi connectivity index (χ4v) is 5.77. The summed E-state index contributed by atoms with van der Waals surface area (Å²) in [6.45, 7) is 1.62.